The van der Waals surface area contributed by atoms with Gasteiger partial charge in [-0.25, -0.2) is 5.10 Å². The second kappa shape index (κ2) is 6.51. The van der Waals surface area contributed by atoms with Crippen LogP contribution in [0.25, 0.3) is 0 Å². The fraction of sp³-hybridized carbons (Fsp3) is 0.750. The molecule has 1 aromatic heterocycles. The van der Waals surface area contributed by atoms with Gasteiger partial charge in [-0.2, -0.15) is 4.98 Å². The van der Waals surface area contributed by atoms with Crippen LogP contribution in [-0.2, 0) is 9.53 Å². The Hall–Kier alpha value is -1.63. The van der Waals surface area contributed by atoms with Gasteiger partial charge >= 0.3 is 6.01 Å². The van der Waals surface area contributed by atoms with Gasteiger partial charge in [-0.1, -0.05) is 0 Å². The van der Waals surface area contributed by atoms with Crippen molar-refractivity contribution in [2.45, 2.75) is 39.2 Å². The fourth-order valence-electron chi connectivity index (χ4n) is 2.15. The number of carbonyl (C=O) groups excluding carboxylic acids is 1. The molecule has 7 heteroatoms. The highest BCUT2D eigenvalue weighted by Crippen LogP contribution is 2.32. The number of anilines is 1. The summed E-state index contributed by atoms with van der Waals surface area (Å²) in [5.74, 6) is 0.680. The van der Waals surface area contributed by atoms with Crippen LogP contribution in [0.5, 0.6) is 6.01 Å². The lowest BCUT2D eigenvalue weighted by Gasteiger charge is -2.34. The van der Waals surface area contributed by atoms with Gasteiger partial charge in [0.15, 0.2) is 0 Å². The zero-order valence-electron chi connectivity index (χ0n) is 11.3. The lowest BCUT2D eigenvalue weighted by molar-refractivity contribution is -0.119. The summed E-state index contributed by atoms with van der Waals surface area (Å²) in [5, 5.41) is 9.11. The van der Waals surface area contributed by atoms with Gasteiger partial charge in [-0.15, -0.1) is 5.10 Å². The number of aromatic nitrogens is 3. The number of amides is 1. The molecule has 19 heavy (non-hydrogen) atoms. The minimum Gasteiger partial charge on any atom is -0.463 e. The summed E-state index contributed by atoms with van der Waals surface area (Å²) in [4.78, 5) is 15.8. The third kappa shape index (κ3) is 3.92. The zero-order valence-corrected chi connectivity index (χ0v) is 11.3. The molecule has 7 nitrogen and oxygen atoms in total. The molecule has 1 heterocycles. The molecule has 0 spiro atoms. The highest BCUT2D eigenvalue weighted by molar-refractivity contribution is 5.89. The number of ether oxygens (including phenoxy) is 2. The van der Waals surface area contributed by atoms with E-state index in [-0.39, 0.29) is 11.9 Å². The summed E-state index contributed by atoms with van der Waals surface area (Å²) in [7, 11) is 0. The van der Waals surface area contributed by atoms with Crippen LogP contribution >= 0.6 is 0 Å². The molecule has 0 bridgehead atoms. The monoisotopic (exact) mass is 268 g/mol. The third-order valence-corrected chi connectivity index (χ3v) is 3.07. The van der Waals surface area contributed by atoms with Gasteiger partial charge in [0.2, 0.25) is 11.9 Å². The second-order valence-electron chi connectivity index (χ2n) is 4.57. The van der Waals surface area contributed by atoms with Gasteiger partial charge in [0, 0.05) is 13.0 Å². The van der Waals surface area contributed by atoms with E-state index in [9.17, 15) is 4.79 Å². The molecule has 0 unspecified atom stereocenters. The summed E-state index contributed by atoms with van der Waals surface area (Å²) in [5.41, 5.74) is 0. The van der Waals surface area contributed by atoms with E-state index in [1.807, 2.05) is 13.8 Å². The molecular weight excluding hydrogens is 248 g/mol. The fourth-order valence-corrected chi connectivity index (χ4v) is 2.15. The Bertz CT molecular complexity index is 415. The summed E-state index contributed by atoms with van der Waals surface area (Å²) in [6.45, 7) is 5.06. The van der Waals surface area contributed by atoms with E-state index in [0.717, 1.165) is 19.4 Å². The van der Waals surface area contributed by atoms with Crippen molar-refractivity contribution < 1.29 is 14.3 Å². The average Bonchev–Trinajstić information content (AvgIpc) is 2.74. The maximum absolute atomic E-state index is 11.8. The van der Waals surface area contributed by atoms with Crippen molar-refractivity contribution in [1.29, 1.82) is 0 Å². The zero-order chi connectivity index (χ0) is 13.7. The smallest absolute Gasteiger partial charge is 0.337 e. The van der Waals surface area contributed by atoms with Crippen molar-refractivity contribution in [1.82, 2.24) is 15.2 Å². The van der Waals surface area contributed by atoms with Crippen molar-refractivity contribution >= 4 is 11.9 Å². The highest BCUT2D eigenvalue weighted by atomic mass is 16.5. The number of nitrogens with zero attached hydrogens (tertiary/aromatic N) is 2. The summed E-state index contributed by atoms with van der Waals surface area (Å²) in [6.07, 6.45) is 2.75. The first-order valence-electron chi connectivity index (χ1n) is 6.67. The van der Waals surface area contributed by atoms with Crippen LogP contribution in [0.3, 0.4) is 0 Å². The molecule has 0 aliphatic heterocycles. The van der Waals surface area contributed by atoms with Crippen LogP contribution in [-0.4, -0.2) is 40.4 Å². The summed E-state index contributed by atoms with van der Waals surface area (Å²) >= 11 is 0. The molecule has 1 aromatic rings. The Balaban J connectivity index is 1.69. The Morgan fingerprint density at radius 2 is 2.21 bits per heavy atom. The molecule has 1 saturated carbocycles. The Morgan fingerprint density at radius 1 is 1.42 bits per heavy atom. The first-order valence-corrected chi connectivity index (χ1v) is 6.67. The molecule has 0 atom stereocenters. The molecule has 1 aliphatic carbocycles. The molecule has 0 radical (unpaired) electrons. The van der Waals surface area contributed by atoms with Crippen LogP contribution in [0.1, 0.15) is 33.1 Å². The Morgan fingerprint density at radius 3 is 2.89 bits per heavy atom. The maximum Gasteiger partial charge on any atom is 0.337 e. The lowest BCUT2D eigenvalue weighted by Crippen LogP contribution is -2.34. The third-order valence-electron chi connectivity index (χ3n) is 3.07. The minimum absolute atomic E-state index is 0.0563. The summed E-state index contributed by atoms with van der Waals surface area (Å²) < 4.78 is 10.6. The SMILES string of the molecule is CCOc1n[nH]c(NC(=O)CC2CC(OCC)C2)n1. The van der Waals surface area contributed by atoms with E-state index in [0.29, 0.717) is 31.0 Å². The van der Waals surface area contributed by atoms with Crippen LogP contribution < -0.4 is 10.1 Å². The minimum atomic E-state index is -0.0563. The second-order valence-corrected chi connectivity index (χ2v) is 4.57. The van der Waals surface area contributed by atoms with E-state index in [4.69, 9.17) is 9.47 Å². The summed E-state index contributed by atoms with van der Waals surface area (Å²) in [6, 6.07) is 0.248. The van der Waals surface area contributed by atoms with Gasteiger partial charge < -0.3 is 9.47 Å². The van der Waals surface area contributed by atoms with E-state index >= 15 is 0 Å². The van der Waals surface area contributed by atoms with Crippen LogP contribution in [0, 0.1) is 5.92 Å². The molecule has 106 valence electrons. The normalized spacial score (nSPS) is 21.8. The highest BCUT2D eigenvalue weighted by Gasteiger charge is 2.31. The van der Waals surface area contributed by atoms with Crippen molar-refractivity contribution in [2.75, 3.05) is 18.5 Å². The van der Waals surface area contributed by atoms with E-state index in [1.54, 1.807) is 0 Å². The van der Waals surface area contributed by atoms with Crippen LogP contribution in [0.2, 0.25) is 0 Å². The van der Waals surface area contributed by atoms with Crippen molar-refractivity contribution in [3.8, 4) is 6.01 Å². The Labute approximate surface area is 112 Å². The molecule has 1 fully saturated rings. The van der Waals surface area contributed by atoms with Crippen molar-refractivity contribution in [3.63, 3.8) is 0 Å². The Kier molecular flexibility index (Phi) is 4.73. The van der Waals surface area contributed by atoms with Gasteiger partial charge in [-0.3, -0.25) is 10.1 Å². The quantitative estimate of drug-likeness (QED) is 0.779. The number of rotatable bonds is 7. The van der Waals surface area contributed by atoms with Crippen LogP contribution in [0.4, 0.5) is 5.95 Å². The van der Waals surface area contributed by atoms with Gasteiger partial charge in [0.25, 0.3) is 0 Å². The predicted molar refractivity (Wildman–Crippen MR) is 68.9 cm³/mol. The number of hydrogen-bond donors (Lipinski definition) is 2. The molecule has 2 N–H and O–H groups in total. The van der Waals surface area contributed by atoms with E-state index in [1.165, 1.54) is 0 Å². The van der Waals surface area contributed by atoms with Crippen molar-refractivity contribution in [3.05, 3.63) is 0 Å². The van der Waals surface area contributed by atoms with E-state index in [2.05, 4.69) is 20.5 Å². The number of carbonyl (C=O) groups is 1. The van der Waals surface area contributed by atoms with E-state index < -0.39 is 0 Å². The number of aromatic amines is 1. The standard InChI is InChI=1S/C12H20N4O3/c1-3-18-9-5-8(6-9)7-10(17)13-11-14-12(16-15-11)19-4-2/h8-9H,3-7H2,1-2H3,(H2,13,14,15,16,17). The topological polar surface area (TPSA) is 89.1 Å². The molecule has 0 aromatic carbocycles. The first kappa shape index (κ1) is 13.8. The molecular formula is C12H20N4O3. The molecule has 0 saturated heterocycles. The maximum atomic E-state index is 11.8. The van der Waals surface area contributed by atoms with Gasteiger partial charge in [0.1, 0.15) is 0 Å². The average molecular weight is 268 g/mol. The van der Waals surface area contributed by atoms with Crippen LogP contribution in [0.15, 0.2) is 0 Å². The van der Waals surface area contributed by atoms with Crippen molar-refractivity contribution in [2.24, 2.45) is 5.92 Å². The van der Waals surface area contributed by atoms with Gasteiger partial charge in [0.05, 0.1) is 12.7 Å². The molecule has 1 aliphatic rings. The largest absolute Gasteiger partial charge is 0.463 e. The lowest BCUT2D eigenvalue weighted by atomic mass is 9.80. The molecule has 1 amide bonds. The number of H-pyrrole nitrogens is 1. The predicted octanol–water partition coefficient (Wildman–Crippen LogP) is 1.35. The number of nitrogens with one attached hydrogen (secondary N) is 2. The molecule has 2 rings (SSSR count). The first-order chi connectivity index (χ1) is 9.21. The van der Waals surface area contributed by atoms with Gasteiger partial charge in [-0.05, 0) is 32.6 Å². The number of hydrogen-bond acceptors (Lipinski definition) is 5.